The van der Waals surface area contributed by atoms with Crippen molar-refractivity contribution in [3.8, 4) is 0 Å². The number of hydrogen-bond donors (Lipinski definition) is 0. The Bertz CT molecular complexity index is 1210. The minimum Gasteiger partial charge on any atom is -0.380 e. The van der Waals surface area contributed by atoms with Gasteiger partial charge < -0.3 is 9.30 Å². The van der Waals surface area contributed by atoms with Crippen LogP contribution in [0, 0.1) is 6.92 Å². The molecule has 0 aliphatic carbocycles. The highest BCUT2D eigenvalue weighted by atomic mass is 32.2. The number of aryl methyl sites for hydroxylation is 1. The zero-order chi connectivity index (χ0) is 21.0. The van der Waals surface area contributed by atoms with Crippen LogP contribution in [-0.4, -0.2) is 37.9 Å². The summed E-state index contributed by atoms with van der Waals surface area (Å²) in [7, 11) is -3.53. The summed E-state index contributed by atoms with van der Waals surface area (Å²) in [6, 6.07) is 12.3. The van der Waals surface area contributed by atoms with E-state index in [0.29, 0.717) is 24.6 Å². The van der Waals surface area contributed by atoms with Gasteiger partial charge in [-0.1, -0.05) is 36.5 Å². The molecule has 0 aliphatic rings. The van der Waals surface area contributed by atoms with Crippen LogP contribution in [0.5, 0.6) is 0 Å². The van der Waals surface area contributed by atoms with E-state index in [2.05, 4.69) is 11.1 Å². The van der Waals surface area contributed by atoms with E-state index >= 15 is 0 Å². The quantitative estimate of drug-likeness (QED) is 0.535. The smallest absolute Gasteiger partial charge is 0.280 e. The molecule has 1 heterocycles. The molecule has 0 saturated heterocycles. The van der Waals surface area contributed by atoms with Crippen molar-refractivity contribution < 1.29 is 17.9 Å². The molecule has 0 fully saturated rings. The Hall–Kier alpha value is -2.29. The molecule has 1 aromatic heterocycles. The van der Waals surface area contributed by atoms with Crippen LogP contribution in [0.3, 0.4) is 0 Å². The van der Waals surface area contributed by atoms with E-state index in [4.69, 9.17) is 4.74 Å². The highest BCUT2D eigenvalue weighted by Crippen LogP contribution is 2.21. The van der Waals surface area contributed by atoms with Crippen molar-refractivity contribution in [2.75, 3.05) is 19.0 Å². The fraction of sp³-hybridized carbons (Fsp3) is 0.333. The Balaban J connectivity index is 2.13. The first-order valence-electron chi connectivity index (χ1n) is 9.46. The minimum atomic E-state index is -3.53. The molecule has 154 valence electrons. The van der Waals surface area contributed by atoms with Crippen molar-refractivity contribution >= 4 is 37.3 Å². The van der Waals surface area contributed by atoms with Gasteiger partial charge in [-0.2, -0.15) is 4.99 Å². The van der Waals surface area contributed by atoms with Gasteiger partial charge in [0.2, 0.25) is 0 Å². The molecule has 0 saturated carbocycles. The Morgan fingerprint density at radius 3 is 2.66 bits per heavy atom. The van der Waals surface area contributed by atoms with Gasteiger partial charge in [0.05, 0.1) is 33.0 Å². The maximum atomic E-state index is 13.0. The van der Waals surface area contributed by atoms with Gasteiger partial charge in [-0.3, -0.25) is 4.79 Å². The summed E-state index contributed by atoms with van der Waals surface area (Å²) in [6.45, 7) is 7.16. The first-order valence-corrected chi connectivity index (χ1v) is 11.9. The molecular weight excluding hydrogens is 408 g/mol. The molecule has 2 aromatic carbocycles. The van der Waals surface area contributed by atoms with Gasteiger partial charge in [-0.15, -0.1) is 0 Å². The molecule has 1 amide bonds. The molecule has 0 spiro atoms. The lowest BCUT2D eigenvalue weighted by molar-refractivity contribution is 0.0993. The fourth-order valence-corrected chi connectivity index (χ4v) is 5.24. The van der Waals surface area contributed by atoms with Crippen molar-refractivity contribution in [1.29, 1.82) is 0 Å². The van der Waals surface area contributed by atoms with Gasteiger partial charge in [0.15, 0.2) is 14.6 Å². The largest absolute Gasteiger partial charge is 0.380 e. The number of benzene rings is 2. The third-order valence-corrected chi connectivity index (χ3v) is 7.36. The molecule has 0 unspecified atom stereocenters. The Kier molecular flexibility index (Phi) is 6.66. The third-order valence-electron chi connectivity index (χ3n) is 4.53. The van der Waals surface area contributed by atoms with Crippen molar-refractivity contribution in [2.24, 2.45) is 4.99 Å². The normalized spacial score (nSPS) is 12.6. The monoisotopic (exact) mass is 432 g/mol. The number of carbonyl (C=O) groups is 1. The molecule has 0 N–H and O–H groups in total. The van der Waals surface area contributed by atoms with Crippen molar-refractivity contribution in [1.82, 2.24) is 4.57 Å². The number of sulfone groups is 1. The Morgan fingerprint density at radius 2 is 1.93 bits per heavy atom. The predicted molar refractivity (Wildman–Crippen MR) is 115 cm³/mol. The zero-order valence-corrected chi connectivity index (χ0v) is 18.3. The molecule has 8 heteroatoms. The first-order chi connectivity index (χ1) is 13.9. The summed E-state index contributed by atoms with van der Waals surface area (Å²) in [5, 5.41) is 0. The van der Waals surface area contributed by atoms with Crippen molar-refractivity contribution in [3.63, 3.8) is 0 Å². The zero-order valence-electron chi connectivity index (χ0n) is 16.7. The maximum Gasteiger partial charge on any atom is 0.280 e. The molecule has 3 rings (SSSR count). The van der Waals surface area contributed by atoms with E-state index in [1.807, 2.05) is 30.5 Å². The number of amides is 1. The van der Waals surface area contributed by atoms with Crippen LogP contribution in [0.15, 0.2) is 52.4 Å². The Labute approximate surface area is 174 Å². The highest BCUT2D eigenvalue weighted by Gasteiger charge is 2.20. The van der Waals surface area contributed by atoms with Gasteiger partial charge in [-0.25, -0.2) is 8.42 Å². The van der Waals surface area contributed by atoms with Crippen molar-refractivity contribution in [2.45, 2.75) is 32.2 Å². The SMILES string of the molecule is CCOCCn1c(=NC(=O)c2ccccc2S(=O)(=O)CC)sc2cc(C)ccc21. The van der Waals surface area contributed by atoms with Gasteiger partial charge in [0.25, 0.3) is 5.91 Å². The summed E-state index contributed by atoms with van der Waals surface area (Å²) in [4.78, 5) is 17.8. The van der Waals surface area contributed by atoms with Gasteiger partial charge in [0, 0.05) is 13.2 Å². The lowest BCUT2D eigenvalue weighted by atomic mass is 10.2. The standard InChI is InChI=1S/C21H24N2O4S2/c1-4-27-13-12-23-17-11-10-15(3)14-18(17)28-21(23)22-20(24)16-8-6-7-9-19(16)29(25,26)5-2/h6-11,14H,4-5,12-13H2,1-3H3. The number of hydrogen-bond acceptors (Lipinski definition) is 5. The van der Waals surface area contributed by atoms with E-state index in [9.17, 15) is 13.2 Å². The summed E-state index contributed by atoms with van der Waals surface area (Å²) < 4.78 is 33.2. The van der Waals surface area contributed by atoms with E-state index < -0.39 is 15.7 Å². The molecule has 0 aliphatic heterocycles. The maximum absolute atomic E-state index is 13.0. The number of thiazole rings is 1. The summed E-state index contributed by atoms with van der Waals surface area (Å²) in [5.74, 6) is -0.639. The van der Waals surface area contributed by atoms with Crippen LogP contribution in [0.1, 0.15) is 29.8 Å². The fourth-order valence-electron chi connectivity index (χ4n) is 3.00. The average Bonchev–Trinajstić information content (AvgIpc) is 3.04. The molecule has 0 atom stereocenters. The van der Waals surface area contributed by atoms with Crippen LogP contribution >= 0.6 is 11.3 Å². The van der Waals surface area contributed by atoms with E-state index in [1.165, 1.54) is 23.5 Å². The average molecular weight is 433 g/mol. The highest BCUT2D eigenvalue weighted by molar-refractivity contribution is 7.91. The van der Waals surface area contributed by atoms with E-state index in [0.717, 1.165) is 15.8 Å². The lowest BCUT2D eigenvalue weighted by Gasteiger charge is -2.07. The van der Waals surface area contributed by atoms with Gasteiger partial charge in [0.1, 0.15) is 0 Å². The van der Waals surface area contributed by atoms with Crippen LogP contribution in [0.2, 0.25) is 0 Å². The number of fused-ring (bicyclic) bond motifs is 1. The summed E-state index contributed by atoms with van der Waals surface area (Å²) >= 11 is 1.41. The molecule has 0 radical (unpaired) electrons. The number of carbonyl (C=O) groups excluding carboxylic acids is 1. The second kappa shape index (κ2) is 9.02. The van der Waals surface area contributed by atoms with Crippen LogP contribution < -0.4 is 4.80 Å². The second-order valence-corrected chi connectivity index (χ2v) is 9.78. The topological polar surface area (TPSA) is 77.7 Å². The predicted octanol–water partition coefficient (Wildman–Crippen LogP) is 3.58. The Morgan fingerprint density at radius 1 is 1.17 bits per heavy atom. The molecule has 3 aromatic rings. The molecule has 6 nitrogen and oxygen atoms in total. The number of aromatic nitrogens is 1. The number of rotatable bonds is 7. The summed E-state index contributed by atoms with van der Waals surface area (Å²) in [6.07, 6.45) is 0. The number of ether oxygens (including phenoxy) is 1. The van der Waals surface area contributed by atoms with Crippen LogP contribution in [-0.2, 0) is 21.1 Å². The summed E-state index contributed by atoms with van der Waals surface area (Å²) in [5.41, 5.74) is 2.19. The van der Waals surface area contributed by atoms with E-state index in [1.54, 1.807) is 19.1 Å². The minimum absolute atomic E-state index is 0.0223. The third kappa shape index (κ3) is 4.66. The van der Waals surface area contributed by atoms with Crippen LogP contribution in [0.4, 0.5) is 0 Å². The van der Waals surface area contributed by atoms with Gasteiger partial charge >= 0.3 is 0 Å². The van der Waals surface area contributed by atoms with Crippen molar-refractivity contribution in [3.05, 3.63) is 58.4 Å². The van der Waals surface area contributed by atoms with E-state index in [-0.39, 0.29) is 16.2 Å². The van der Waals surface area contributed by atoms with Crippen LogP contribution in [0.25, 0.3) is 10.2 Å². The lowest BCUT2D eigenvalue weighted by Crippen LogP contribution is -2.20. The van der Waals surface area contributed by atoms with Gasteiger partial charge in [-0.05, 0) is 43.7 Å². The first kappa shape index (κ1) is 21.4. The molecule has 0 bridgehead atoms. The second-order valence-electron chi connectivity index (χ2n) is 6.52. The molecular formula is C21H24N2O4S2. The number of nitrogens with zero attached hydrogens (tertiary/aromatic N) is 2. The molecule has 29 heavy (non-hydrogen) atoms.